The van der Waals surface area contributed by atoms with E-state index >= 15 is 0 Å². The molecule has 3 aliphatic rings. The highest BCUT2D eigenvalue weighted by Gasteiger charge is 2.52. The molecule has 5 rings (SSSR count). The molecule has 2 aromatic rings. The smallest absolute Gasteiger partial charge is 0.141 e. The second-order valence-corrected chi connectivity index (χ2v) is 7.29. The Morgan fingerprint density at radius 1 is 1.20 bits per heavy atom. The van der Waals surface area contributed by atoms with Gasteiger partial charge in [0.15, 0.2) is 0 Å². The second-order valence-electron chi connectivity index (χ2n) is 6.21. The average Bonchev–Trinajstić information content (AvgIpc) is 2.75. The third-order valence-corrected chi connectivity index (χ3v) is 6.30. The molecule has 2 aliphatic heterocycles. The van der Waals surface area contributed by atoms with Crippen molar-refractivity contribution >= 4 is 27.4 Å². The van der Waals surface area contributed by atoms with Crippen molar-refractivity contribution in [1.82, 2.24) is 9.97 Å². The van der Waals surface area contributed by atoms with E-state index in [4.69, 9.17) is 4.74 Å². The monoisotopic (exact) mass is 287 g/mol. The molecule has 0 bridgehead atoms. The quantitative estimate of drug-likeness (QED) is 0.808. The Bertz CT molecular complexity index is 686. The molecular formula is C15H17N3OS. The molecule has 0 N–H and O–H groups in total. The van der Waals surface area contributed by atoms with E-state index < -0.39 is 0 Å². The van der Waals surface area contributed by atoms with Crippen LogP contribution in [0.1, 0.15) is 29.7 Å². The Morgan fingerprint density at radius 3 is 2.85 bits per heavy atom. The predicted octanol–water partition coefficient (Wildman–Crippen LogP) is 2.55. The van der Waals surface area contributed by atoms with Crippen molar-refractivity contribution in [2.45, 2.75) is 37.6 Å². The fraction of sp³-hybridized carbons (Fsp3) is 0.600. The molecule has 2 aromatic heterocycles. The van der Waals surface area contributed by atoms with Gasteiger partial charge in [0, 0.05) is 11.4 Å². The van der Waals surface area contributed by atoms with Gasteiger partial charge in [-0.1, -0.05) is 0 Å². The Hall–Kier alpha value is -1.20. The lowest BCUT2D eigenvalue weighted by Gasteiger charge is -2.58. The molecule has 1 aliphatic carbocycles. The number of aryl methyl sites for hydroxylation is 2. The fourth-order valence-electron chi connectivity index (χ4n) is 3.79. The summed E-state index contributed by atoms with van der Waals surface area (Å²) in [7, 11) is 0. The Labute approximate surface area is 121 Å². The van der Waals surface area contributed by atoms with Crippen LogP contribution in [0.3, 0.4) is 0 Å². The molecule has 1 spiro atoms. The lowest BCUT2D eigenvalue weighted by Crippen LogP contribution is -2.71. The molecule has 0 amide bonds. The van der Waals surface area contributed by atoms with Crippen molar-refractivity contribution in [1.29, 1.82) is 0 Å². The van der Waals surface area contributed by atoms with Gasteiger partial charge in [0.05, 0.1) is 24.1 Å². The van der Waals surface area contributed by atoms with Crippen LogP contribution in [-0.2, 0) is 17.6 Å². The van der Waals surface area contributed by atoms with Gasteiger partial charge < -0.3 is 9.64 Å². The first-order chi connectivity index (χ1) is 9.87. The van der Waals surface area contributed by atoms with Crippen LogP contribution in [-0.4, -0.2) is 35.3 Å². The van der Waals surface area contributed by atoms with Crippen LogP contribution in [0.25, 0.3) is 10.2 Å². The van der Waals surface area contributed by atoms with Crippen LogP contribution < -0.4 is 4.90 Å². The Morgan fingerprint density at radius 2 is 2.10 bits per heavy atom. The lowest BCUT2D eigenvalue weighted by molar-refractivity contribution is -0.0850. The van der Waals surface area contributed by atoms with E-state index in [1.54, 1.807) is 11.2 Å². The first-order valence-corrected chi connectivity index (χ1v) is 8.30. The summed E-state index contributed by atoms with van der Waals surface area (Å²) in [6.07, 6.45) is 8.04. The number of thiophene rings is 1. The summed E-state index contributed by atoms with van der Waals surface area (Å²) in [4.78, 5) is 14.4. The molecule has 0 radical (unpaired) electrons. The third-order valence-electron chi connectivity index (χ3n) is 5.10. The van der Waals surface area contributed by atoms with E-state index in [1.165, 1.54) is 53.7 Å². The molecule has 104 valence electrons. The van der Waals surface area contributed by atoms with E-state index in [1.807, 2.05) is 11.3 Å². The molecule has 4 nitrogen and oxygen atoms in total. The van der Waals surface area contributed by atoms with Crippen molar-refractivity contribution in [2.75, 3.05) is 24.7 Å². The topological polar surface area (TPSA) is 38.2 Å². The standard InChI is InChI=1S/C15H17N3OS/c1-2-4-11-10(3-1)12-13(16-9-17-14(12)20-11)18-6-5-15(18)7-19-8-15/h9H,1-8H2. The lowest BCUT2D eigenvalue weighted by atomic mass is 9.82. The number of hydrogen-bond acceptors (Lipinski definition) is 5. The van der Waals surface area contributed by atoms with Gasteiger partial charge in [0.2, 0.25) is 0 Å². The minimum Gasteiger partial charge on any atom is -0.376 e. The normalized spacial score (nSPS) is 23.5. The van der Waals surface area contributed by atoms with E-state index in [9.17, 15) is 0 Å². The van der Waals surface area contributed by atoms with Gasteiger partial charge in [-0.2, -0.15) is 0 Å². The SMILES string of the molecule is c1nc(N2CCC23COC3)c2c3c(sc2n1)CCCC3. The van der Waals surface area contributed by atoms with E-state index in [-0.39, 0.29) is 5.54 Å². The number of ether oxygens (including phenoxy) is 1. The largest absolute Gasteiger partial charge is 0.376 e. The first kappa shape index (κ1) is 11.5. The number of aromatic nitrogens is 2. The number of nitrogens with zero attached hydrogens (tertiary/aromatic N) is 3. The van der Waals surface area contributed by atoms with E-state index in [0.29, 0.717) is 0 Å². The van der Waals surface area contributed by atoms with E-state index in [0.717, 1.165) is 19.8 Å². The average molecular weight is 287 g/mol. The minimum absolute atomic E-state index is 0.255. The highest BCUT2D eigenvalue weighted by atomic mass is 32.1. The van der Waals surface area contributed by atoms with Crippen LogP contribution in [0.15, 0.2) is 6.33 Å². The number of hydrogen-bond donors (Lipinski definition) is 0. The molecule has 0 saturated carbocycles. The van der Waals surface area contributed by atoms with Gasteiger partial charge in [-0.15, -0.1) is 11.3 Å². The Balaban J connectivity index is 1.70. The molecule has 0 atom stereocenters. The third kappa shape index (κ3) is 1.35. The number of fused-ring (bicyclic) bond motifs is 3. The predicted molar refractivity (Wildman–Crippen MR) is 79.6 cm³/mol. The van der Waals surface area contributed by atoms with Crippen LogP contribution in [0.4, 0.5) is 5.82 Å². The zero-order valence-electron chi connectivity index (χ0n) is 11.4. The summed E-state index contributed by atoms with van der Waals surface area (Å²) in [5.74, 6) is 1.17. The van der Waals surface area contributed by atoms with Gasteiger partial charge in [-0.3, -0.25) is 0 Å². The molecule has 0 unspecified atom stereocenters. The summed E-state index contributed by atoms with van der Waals surface area (Å²) in [5.41, 5.74) is 1.79. The summed E-state index contributed by atoms with van der Waals surface area (Å²) >= 11 is 1.88. The zero-order chi connectivity index (χ0) is 13.2. The zero-order valence-corrected chi connectivity index (χ0v) is 12.2. The summed E-state index contributed by atoms with van der Waals surface area (Å²) in [5, 5.41) is 1.35. The fourth-order valence-corrected chi connectivity index (χ4v) is 5.01. The maximum Gasteiger partial charge on any atom is 0.141 e. The minimum atomic E-state index is 0.255. The molecular weight excluding hydrogens is 270 g/mol. The van der Waals surface area contributed by atoms with Gasteiger partial charge in [-0.05, 0) is 37.7 Å². The van der Waals surface area contributed by atoms with Gasteiger partial charge in [0.25, 0.3) is 0 Å². The highest BCUT2D eigenvalue weighted by molar-refractivity contribution is 7.19. The van der Waals surface area contributed by atoms with Crippen LogP contribution >= 0.6 is 11.3 Å². The molecule has 2 fully saturated rings. The highest BCUT2D eigenvalue weighted by Crippen LogP contribution is 2.45. The molecule has 2 saturated heterocycles. The Kier molecular flexibility index (Phi) is 2.25. The van der Waals surface area contributed by atoms with Gasteiger partial charge >= 0.3 is 0 Å². The molecule has 20 heavy (non-hydrogen) atoms. The van der Waals surface area contributed by atoms with Crippen LogP contribution in [0.5, 0.6) is 0 Å². The van der Waals surface area contributed by atoms with Crippen molar-refractivity contribution in [3.05, 3.63) is 16.8 Å². The number of anilines is 1. The maximum atomic E-state index is 5.46. The van der Waals surface area contributed by atoms with Crippen LogP contribution in [0.2, 0.25) is 0 Å². The van der Waals surface area contributed by atoms with Gasteiger partial charge in [-0.25, -0.2) is 9.97 Å². The van der Waals surface area contributed by atoms with Crippen LogP contribution in [0, 0.1) is 0 Å². The summed E-state index contributed by atoms with van der Waals surface area (Å²) in [6, 6.07) is 0. The summed E-state index contributed by atoms with van der Waals surface area (Å²) in [6.45, 7) is 2.84. The first-order valence-electron chi connectivity index (χ1n) is 7.48. The summed E-state index contributed by atoms with van der Waals surface area (Å²) < 4.78 is 5.46. The second kappa shape index (κ2) is 3.92. The van der Waals surface area contributed by atoms with Crippen molar-refractivity contribution in [3.63, 3.8) is 0 Å². The van der Waals surface area contributed by atoms with Crippen molar-refractivity contribution < 1.29 is 4.74 Å². The number of rotatable bonds is 1. The van der Waals surface area contributed by atoms with E-state index in [2.05, 4.69) is 14.9 Å². The molecule has 5 heteroatoms. The van der Waals surface area contributed by atoms with Gasteiger partial charge in [0.1, 0.15) is 17.0 Å². The molecule has 0 aromatic carbocycles. The van der Waals surface area contributed by atoms with Crippen molar-refractivity contribution in [2.24, 2.45) is 0 Å². The van der Waals surface area contributed by atoms with Crippen molar-refractivity contribution in [3.8, 4) is 0 Å². The molecule has 4 heterocycles. The maximum absolute atomic E-state index is 5.46.